The molecule has 3 aromatic rings. The predicted octanol–water partition coefficient (Wildman–Crippen LogP) is 4.65. The largest absolute Gasteiger partial charge is 0.492 e. The molecule has 0 unspecified atom stereocenters. The highest BCUT2D eigenvalue weighted by Gasteiger charge is 2.10. The van der Waals surface area contributed by atoms with Gasteiger partial charge in [-0.05, 0) is 43.7 Å². The first-order valence-electron chi connectivity index (χ1n) is 7.32. The summed E-state index contributed by atoms with van der Waals surface area (Å²) in [7, 11) is 0. The number of benzene rings is 2. The SMILES string of the molecule is CCOc1ccccc1NC(=O)Nc1nc2ccc(C)cc2s1. The standard InChI is InChI=1S/C17H17N3O2S/c1-3-22-14-7-5-4-6-12(14)18-16(21)20-17-19-13-9-8-11(2)10-15(13)23-17/h4-10H,3H2,1-2H3,(H2,18,19,20,21). The zero-order valence-electron chi connectivity index (χ0n) is 12.9. The lowest BCUT2D eigenvalue weighted by molar-refractivity contribution is 0.262. The van der Waals surface area contributed by atoms with Gasteiger partial charge in [-0.1, -0.05) is 29.5 Å². The first kappa shape index (κ1) is 15.3. The van der Waals surface area contributed by atoms with Crippen molar-refractivity contribution in [1.82, 2.24) is 4.98 Å². The number of thiazole rings is 1. The average Bonchev–Trinajstić information content (AvgIpc) is 2.90. The molecule has 6 heteroatoms. The molecule has 0 atom stereocenters. The van der Waals surface area contributed by atoms with E-state index in [1.165, 1.54) is 16.9 Å². The maximum atomic E-state index is 12.2. The number of nitrogens with one attached hydrogen (secondary N) is 2. The van der Waals surface area contributed by atoms with E-state index in [0.717, 1.165) is 10.2 Å². The fourth-order valence-electron chi connectivity index (χ4n) is 2.19. The molecule has 5 nitrogen and oxygen atoms in total. The van der Waals surface area contributed by atoms with Gasteiger partial charge in [-0.2, -0.15) is 0 Å². The van der Waals surface area contributed by atoms with Gasteiger partial charge >= 0.3 is 6.03 Å². The Labute approximate surface area is 138 Å². The number of ether oxygens (including phenoxy) is 1. The summed E-state index contributed by atoms with van der Waals surface area (Å²) in [5.74, 6) is 0.644. The van der Waals surface area contributed by atoms with Gasteiger partial charge in [-0.15, -0.1) is 0 Å². The summed E-state index contributed by atoms with van der Waals surface area (Å²) in [6.07, 6.45) is 0. The van der Waals surface area contributed by atoms with Crippen LogP contribution in [0, 0.1) is 6.92 Å². The van der Waals surface area contributed by atoms with Crippen LogP contribution in [0.5, 0.6) is 5.75 Å². The molecule has 0 aliphatic rings. The number of aromatic nitrogens is 1. The minimum absolute atomic E-state index is 0.340. The zero-order valence-corrected chi connectivity index (χ0v) is 13.7. The van der Waals surface area contributed by atoms with Gasteiger partial charge in [-0.3, -0.25) is 5.32 Å². The number of carbonyl (C=O) groups excluding carboxylic acids is 1. The van der Waals surface area contributed by atoms with Crippen molar-refractivity contribution in [3.05, 3.63) is 48.0 Å². The third-order valence-electron chi connectivity index (χ3n) is 3.20. The predicted molar refractivity (Wildman–Crippen MR) is 94.6 cm³/mol. The maximum absolute atomic E-state index is 12.2. The number of carbonyl (C=O) groups is 1. The van der Waals surface area contributed by atoms with E-state index in [4.69, 9.17) is 4.74 Å². The third kappa shape index (κ3) is 3.60. The van der Waals surface area contributed by atoms with Crippen LogP contribution < -0.4 is 15.4 Å². The van der Waals surface area contributed by atoms with Crippen molar-refractivity contribution in [1.29, 1.82) is 0 Å². The summed E-state index contributed by atoms with van der Waals surface area (Å²) < 4.78 is 6.54. The van der Waals surface area contributed by atoms with Gasteiger partial charge in [0.1, 0.15) is 5.75 Å². The number of fused-ring (bicyclic) bond motifs is 1. The topological polar surface area (TPSA) is 63.2 Å². The van der Waals surface area contributed by atoms with Crippen molar-refractivity contribution in [2.75, 3.05) is 17.2 Å². The number of urea groups is 1. The highest BCUT2D eigenvalue weighted by Crippen LogP contribution is 2.27. The van der Waals surface area contributed by atoms with Crippen molar-refractivity contribution in [3.8, 4) is 5.75 Å². The van der Waals surface area contributed by atoms with Crippen LogP contribution in [0.3, 0.4) is 0 Å². The van der Waals surface area contributed by atoms with Crippen LogP contribution in [0.2, 0.25) is 0 Å². The van der Waals surface area contributed by atoms with E-state index in [9.17, 15) is 4.79 Å². The van der Waals surface area contributed by atoms with E-state index >= 15 is 0 Å². The summed E-state index contributed by atoms with van der Waals surface area (Å²) in [5, 5.41) is 6.13. The molecule has 2 aromatic carbocycles. The van der Waals surface area contributed by atoms with Crippen LogP contribution in [-0.2, 0) is 0 Å². The van der Waals surface area contributed by atoms with E-state index in [1.54, 1.807) is 6.07 Å². The molecule has 0 aliphatic carbocycles. The number of para-hydroxylation sites is 2. The molecule has 0 spiro atoms. The summed E-state index contributed by atoms with van der Waals surface area (Å²) in [4.78, 5) is 16.6. The quantitative estimate of drug-likeness (QED) is 0.733. The van der Waals surface area contributed by atoms with Gasteiger partial charge < -0.3 is 10.1 Å². The van der Waals surface area contributed by atoms with Gasteiger partial charge in [0.25, 0.3) is 0 Å². The average molecular weight is 327 g/mol. The highest BCUT2D eigenvalue weighted by atomic mass is 32.1. The Morgan fingerprint density at radius 3 is 2.87 bits per heavy atom. The molecule has 0 fully saturated rings. The number of nitrogens with zero attached hydrogens (tertiary/aromatic N) is 1. The second kappa shape index (κ2) is 6.66. The number of hydrogen-bond acceptors (Lipinski definition) is 4. The fourth-order valence-corrected chi connectivity index (χ4v) is 3.15. The van der Waals surface area contributed by atoms with Gasteiger partial charge in [0, 0.05) is 0 Å². The molecular weight excluding hydrogens is 310 g/mol. The van der Waals surface area contributed by atoms with Crippen molar-refractivity contribution in [2.45, 2.75) is 13.8 Å². The molecule has 0 saturated carbocycles. The number of rotatable bonds is 4. The summed E-state index contributed by atoms with van der Waals surface area (Å²) in [6, 6.07) is 13.0. The summed E-state index contributed by atoms with van der Waals surface area (Å²) in [6.45, 7) is 4.47. The molecule has 0 aliphatic heterocycles. The lowest BCUT2D eigenvalue weighted by Gasteiger charge is -2.11. The van der Waals surface area contributed by atoms with E-state index in [1.807, 2.05) is 44.2 Å². The van der Waals surface area contributed by atoms with Crippen LogP contribution in [0.25, 0.3) is 10.2 Å². The normalized spacial score (nSPS) is 10.5. The first-order valence-corrected chi connectivity index (χ1v) is 8.14. The third-order valence-corrected chi connectivity index (χ3v) is 4.13. The molecule has 23 heavy (non-hydrogen) atoms. The summed E-state index contributed by atoms with van der Waals surface area (Å²) >= 11 is 1.45. The van der Waals surface area contributed by atoms with Crippen LogP contribution >= 0.6 is 11.3 Å². The van der Waals surface area contributed by atoms with Gasteiger partial charge in [0.2, 0.25) is 0 Å². The molecule has 2 N–H and O–H groups in total. The number of amides is 2. The van der Waals surface area contributed by atoms with E-state index in [0.29, 0.717) is 23.2 Å². The summed E-state index contributed by atoms with van der Waals surface area (Å²) in [5.41, 5.74) is 2.68. The van der Waals surface area contributed by atoms with Crippen molar-refractivity contribution in [2.24, 2.45) is 0 Å². The minimum Gasteiger partial charge on any atom is -0.492 e. The van der Waals surface area contributed by atoms with Crippen LogP contribution in [0.1, 0.15) is 12.5 Å². The van der Waals surface area contributed by atoms with Crippen LogP contribution in [0.15, 0.2) is 42.5 Å². The van der Waals surface area contributed by atoms with Crippen molar-refractivity contribution in [3.63, 3.8) is 0 Å². The Kier molecular flexibility index (Phi) is 4.43. The van der Waals surface area contributed by atoms with Crippen LogP contribution in [-0.4, -0.2) is 17.6 Å². The Hall–Kier alpha value is -2.60. The van der Waals surface area contributed by atoms with Crippen molar-refractivity contribution >= 4 is 38.4 Å². The van der Waals surface area contributed by atoms with Crippen LogP contribution in [0.4, 0.5) is 15.6 Å². The van der Waals surface area contributed by atoms with E-state index < -0.39 is 0 Å². The molecular formula is C17H17N3O2S. The number of anilines is 2. The van der Waals surface area contributed by atoms with Crippen molar-refractivity contribution < 1.29 is 9.53 Å². The lowest BCUT2D eigenvalue weighted by Crippen LogP contribution is -2.19. The lowest BCUT2D eigenvalue weighted by atomic mass is 10.2. The second-order valence-electron chi connectivity index (χ2n) is 5.00. The van der Waals surface area contributed by atoms with E-state index in [2.05, 4.69) is 21.7 Å². The Bertz CT molecular complexity index is 845. The smallest absolute Gasteiger partial charge is 0.325 e. The van der Waals surface area contributed by atoms with Gasteiger partial charge in [0.05, 0.1) is 22.5 Å². The van der Waals surface area contributed by atoms with Gasteiger partial charge in [0.15, 0.2) is 5.13 Å². The number of aryl methyl sites for hydroxylation is 1. The number of hydrogen-bond donors (Lipinski definition) is 2. The maximum Gasteiger partial charge on any atom is 0.325 e. The Morgan fingerprint density at radius 2 is 2.04 bits per heavy atom. The zero-order chi connectivity index (χ0) is 16.2. The molecule has 0 bridgehead atoms. The Balaban J connectivity index is 1.73. The first-order chi connectivity index (χ1) is 11.2. The molecule has 0 radical (unpaired) electrons. The second-order valence-corrected chi connectivity index (χ2v) is 6.03. The molecule has 1 aromatic heterocycles. The van der Waals surface area contributed by atoms with Gasteiger partial charge in [-0.25, -0.2) is 9.78 Å². The molecule has 3 rings (SSSR count). The molecule has 118 valence electrons. The van der Waals surface area contributed by atoms with E-state index in [-0.39, 0.29) is 6.03 Å². The molecule has 2 amide bonds. The minimum atomic E-state index is -0.340. The Morgan fingerprint density at radius 1 is 1.22 bits per heavy atom. The fraction of sp³-hybridized carbons (Fsp3) is 0.176. The monoisotopic (exact) mass is 327 g/mol. The highest BCUT2D eigenvalue weighted by molar-refractivity contribution is 7.22. The molecule has 0 saturated heterocycles. The molecule has 1 heterocycles.